The maximum absolute atomic E-state index is 12.7. The molecule has 0 bridgehead atoms. The number of carbonyl (C=O) groups excluding carboxylic acids is 1. The standard InChI is InChI=1S/C10H8F4INO3/c1-18-7(17)3-6-2-5(4-11)8(9(15)16-6)19-10(12,13)14/h2H,3-4H2,1H3. The minimum atomic E-state index is -4.94. The first-order valence-corrected chi connectivity index (χ1v) is 5.91. The van der Waals surface area contributed by atoms with Gasteiger partial charge in [0.05, 0.1) is 19.2 Å². The minimum absolute atomic E-state index is 0.110. The molecule has 1 heterocycles. The molecule has 19 heavy (non-hydrogen) atoms. The van der Waals surface area contributed by atoms with Gasteiger partial charge in [0, 0.05) is 5.56 Å². The highest BCUT2D eigenvalue weighted by Crippen LogP contribution is 2.31. The van der Waals surface area contributed by atoms with Gasteiger partial charge in [-0.3, -0.25) is 4.79 Å². The van der Waals surface area contributed by atoms with Crippen LogP contribution in [0.4, 0.5) is 17.6 Å². The van der Waals surface area contributed by atoms with Crippen molar-refractivity contribution in [2.24, 2.45) is 0 Å². The van der Waals surface area contributed by atoms with Crippen molar-refractivity contribution < 1.29 is 31.8 Å². The number of nitrogens with zero attached hydrogens (tertiary/aromatic N) is 1. The van der Waals surface area contributed by atoms with Crippen LogP contribution in [-0.2, 0) is 22.6 Å². The third kappa shape index (κ3) is 4.80. The molecule has 9 heteroatoms. The van der Waals surface area contributed by atoms with E-state index in [2.05, 4.69) is 14.5 Å². The molecule has 0 atom stereocenters. The van der Waals surface area contributed by atoms with Crippen molar-refractivity contribution in [3.8, 4) is 5.75 Å². The van der Waals surface area contributed by atoms with Crippen LogP contribution in [-0.4, -0.2) is 24.4 Å². The fourth-order valence-electron chi connectivity index (χ4n) is 1.24. The Labute approximate surface area is 119 Å². The number of aromatic nitrogens is 1. The molecule has 1 aromatic rings. The summed E-state index contributed by atoms with van der Waals surface area (Å²) in [6.45, 7) is -1.17. The molecule has 0 unspecified atom stereocenters. The monoisotopic (exact) mass is 393 g/mol. The Kier molecular flexibility index (Phi) is 5.32. The van der Waals surface area contributed by atoms with Crippen LogP contribution in [0.15, 0.2) is 6.07 Å². The SMILES string of the molecule is COC(=O)Cc1cc(CF)c(OC(F)(F)F)c(I)n1. The quantitative estimate of drug-likeness (QED) is 0.342. The molecule has 1 rings (SSSR count). The van der Waals surface area contributed by atoms with Crippen molar-refractivity contribution in [3.63, 3.8) is 0 Å². The summed E-state index contributed by atoms with van der Waals surface area (Å²) >= 11 is 1.48. The summed E-state index contributed by atoms with van der Waals surface area (Å²) in [5.41, 5.74) is -0.214. The van der Waals surface area contributed by atoms with E-state index in [4.69, 9.17) is 0 Å². The first-order chi connectivity index (χ1) is 8.76. The number of pyridine rings is 1. The second kappa shape index (κ2) is 6.35. The second-order valence-electron chi connectivity index (χ2n) is 3.33. The van der Waals surface area contributed by atoms with E-state index in [9.17, 15) is 22.4 Å². The summed E-state index contributed by atoms with van der Waals surface area (Å²) in [6, 6.07) is 1.04. The van der Waals surface area contributed by atoms with E-state index in [0.29, 0.717) is 0 Å². The van der Waals surface area contributed by atoms with Gasteiger partial charge in [0.25, 0.3) is 0 Å². The molecule has 0 fully saturated rings. The van der Waals surface area contributed by atoms with Crippen LogP contribution in [0, 0.1) is 3.70 Å². The van der Waals surface area contributed by atoms with Crippen LogP contribution >= 0.6 is 22.6 Å². The first-order valence-electron chi connectivity index (χ1n) is 4.83. The van der Waals surface area contributed by atoms with Gasteiger partial charge >= 0.3 is 12.3 Å². The molecule has 0 spiro atoms. The molecule has 0 saturated heterocycles. The zero-order chi connectivity index (χ0) is 14.6. The van der Waals surface area contributed by atoms with Gasteiger partial charge in [-0.1, -0.05) is 0 Å². The van der Waals surface area contributed by atoms with Gasteiger partial charge in [0.1, 0.15) is 10.4 Å². The van der Waals surface area contributed by atoms with E-state index in [1.165, 1.54) is 22.6 Å². The lowest BCUT2D eigenvalue weighted by Crippen LogP contribution is -2.20. The Morgan fingerprint density at radius 1 is 1.47 bits per heavy atom. The molecule has 0 aliphatic rings. The van der Waals surface area contributed by atoms with Crippen molar-refractivity contribution in [1.82, 2.24) is 4.98 Å². The zero-order valence-corrected chi connectivity index (χ0v) is 11.7. The Balaban J connectivity index is 3.11. The molecule has 0 amide bonds. The second-order valence-corrected chi connectivity index (χ2v) is 4.35. The molecule has 0 saturated carbocycles. The first kappa shape index (κ1) is 15.9. The van der Waals surface area contributed by atoms with Gasteiger partial charge in [-0.25, -0.2) is 9.37 Å². The normalized spacial score (nSPS) is 11.3. The predicted molar refractivity (Wildman–Crippen MR) is 64.2 cm³/mol. The molecule has 0 radical (unpaired) electrons. The number of carbonyl (C=O) groups is 1. The number of alkyl halides is 4. The predicted octanol–water partition coefficient (Wildman–Crippen LogP) is 2.77. The number of hydrogen-bond acceptors (Lipinski definition) is 4. The molecular formula is C10H8F4INO3. The molecule has 0 aliphatic carbocycles. The Morgan fingerprint density at radius 2 is 2.11 bits per heavy atom. The van der Waals surface area contributed by atoms with Gasteiger partial charge in [0.2, 0.25) is 0 Å². The number of ether oxygens (including phenoxy) is 2. The Morgan fingerprint density at radius 3 is 2.58 bits per heavy atom. The topological polar surface area (TPSA) is 48.4 Å². The largest absolute Gasteiger partial charge is 0.573 e. The average molecular weight is 393 g/mol. The van der Waals surface area contributed by atoms with Crippen molar-refractivity contribution in [2.45, 2.75) is 19.5 Å². The van der Waals surface area contributed by atoms with Crippen LogP contribution in [0.2, 0.25) is 0 Å². The zero-order valence-electron chi connectivity index (χ0n) is 9.55. The van der Waals surface area contributed by atoms with E-state index in [1.807, 2.05) is 0 Å². The van der Waals surface area contributed by atoms with Gasteiger partial charge in [-0.2, -0.15) is 0 Å². The smallest absolute Gasteiger partial charge is 0.469 e. The number of esters is 1. The number of rotatable bonds is 4. The lowest BCUT2D eigenvalue weighted by Gasteiger charge is -2.14. The van der Waals surface area contributed by atoms with Gasteiger partial charge in [-0.15, -0.1) is 13.2 Å². The molecule has 0 aromatic carbocycles. The lowest BCUT2D eigenvalue weighted by molar-refractivity contribution is -0.275. The van der Waals surface area contributed by atoms with Gasteiger partial charge in [0.15, 0.2) is 5.75 Å². The van der Waals surface area contributed by atoms with E-state index < -0.39 is 24.8 Å². The minimum Gasteiger partial charge on any atom is -0.469 e. The summed E-state index contributed by atoms with van der Waals surface area (Å²) in [4.78, 5) is 14.8. The van der Waals surface area contributed by atoms with E-state index in [-0.39, 0.29) is 21.4 Å². The van der Waals surface area contributed by atoms with E-state index in [1.54, 1.807) is 0 Å². The fourth-order valence-corrected chi connectivity index (χ4v) is 2.01. The molecular weight excluding hydrogens is 385 g/mol. The summed E-state index contributed by atoms with van der Waals surface area (Å²) in [6.07, 6.45) is -5.19. The van der Waals surface area contributed by atoms with Crippen molar-refractivity contribution in [3.05, 3.63) is 21.0 Å². The molecule has 4 nitrogen and oxygen atoms in total. The number of halogens is 5. The number of hydrogen-bond donors (Lipinski definition) is 0. The van der Waals surface area contributed by atoms with E-state index >= 15 is 0 Å². The summed E-state index contributed by atoms with van der Waals surface area (Å²) < 4.78 is 57.1. The molecule has 0 aliphatic heterocycles. The average Bonchev–Trinajstić information content (AvgIpc) is 2.30. The summed E-state index contributed by atoms with van der Waals surface area (Å²) in [7, 11) is 1.16. The highest BCUT2D eigenvalue weighted by atomic mass is 127. The van der Waals surface area contributed by atoms with Crippen LogP contribution in [0.1, 0.15) is 11.3 Å². The van der Waals surface area contributed by atoms with Gasteiger partial charge in [-0.05, 0) is 28.7 Å². The van der Waals surface area contributed by atoms with Crippen LogP contribution < -0.4 is 4.74 Å². The molecule has 1 aromatic heterocycles. The van der Waals surface area contributed by atoms with Crippen molar-refractivity contribution in [2.75, 3.05) is 7.11 Å². The third-order valence-electron chi connectivity index (χ3n) is 1.98. The van der Waals surface area contributed by atoms with Crippen molar-refractivity contribution >= 4 is 28.6 Å². The fraction of sp³-hybridized carbons (Fsp3) is 0.400. The van der Waals surface area contributed by atoms with Gasteiger partial charge < -0.3 is 9.47 Å². The highest BCUT2D eigenvalue weighted by molar-refractivity contribution is 14.1. The van der Waals surface area contributed by atoms with Crippen LogP contribution in [0.5, 0.6) is 5.75 Å². The van der Waals surface area contributed by atoms with Crippen LogP contribution in [0.25, 0.3) is 0 Å². The summed E-state index contributed by atoms with van der Waals surface area (Å²) in [5.74, 6) is -1.32. The maximum Gasteiger partial charge on any atom is 0.573 e. The third-order valence-corrected chi connectivity index (χ3v) is 2.71. The highest BCUT2D eigenvalue weighted by Gasteiger charge is 2.33. The Bertz CT molecular complexity index is 479. The maximum atomic E-state index is 12.7. The Hall–Kier alpha value is -1.13. The number of methoxy groups -OCH3 is 1. The molecule has 106 valence electrons. The van der Waals surface area contributed by atoms with Crippen molar-refractivity contribution in [1.29, 1.82) is 0 Å². The summed E-state index contributed by atoms with van der Waals surface area (Å²) in [5, 5.41) is 0. The van der Waals surface area contributed by atoms with Crippen LogP contribution in [0.3, 0.4) is 0 Å². The van der Waals surface area contributed by atoms with E-state index in [0.717, 1.165) is 13.2 Å². The lowest BCUT2D eigenvalue weighted by atomic mass is 10.2. The molecule has 0 N–H and O–H groups in total.